The smallest absolute Gasteiger partial charge is 0.183 e. The van der Waals surface area contributed by atoms with Crippen LogP contribution in [0.4, 0.5) is 5.82 Å². The summed E-state index contributed by atoms with van der Waals surface area (Å²) < 4.78 is 1.92. The van der Waals surface area contributed by atoms with Gasteiger partial charge in [-0.2, -0.15) is 0 Å². The molecule has 0 radical (unpaired) electrons. The molecule has 0 fully saturated rings. The zero-order valence-corrected chi connectivity index (χ0v) is 11.5. The van der Waals surface area contributed by atoms with E-state index in [1.165, 1.54) is 11.3 Å². The lowest BCUT2D eigenvalue weighted by atomic mass is 10.2. The van der Waals surface area contributed by atoms with Gasteiger partial charge in [0.15, 0.2) is 11.5 Å². The summed E-state index contributed by atoms with van der Waals surface area (Å²) in [5.74, 6) is 0.478. The van der Waals surface area contributed by atoms with Gasteiger partial charge in [-0.05, 0) is 12.5 Å². The predicted octanol–water partition coefficient (Wildman–Crippen LogP) is 2.38. The van der Waals surface area contributed by atoms with Crippen LogP contribution in [0, 0.1) is 4.91 Å². The highest BCUT2D eigenvalue weighted by molar-refractivity contribution is 5.83. The molecule has 7 nitrogen and oxygen atoms in total. The molecule has 0 bridgehead atoms. The maximum atomic E-state index is 11.0. The third-order valence-electron chi connectivity index (χ3n) is 3.23. The van der Waals surface area contributed by atoms with E-state index in [0.717, 1.165) is 5.56 Å². The van der Waals surface area contributed by atoms with Crippen molar-refractivity contribution in [3.05, 3.63) is 53.5 Å². The van der Waals surface area contributed by atoms with Gasteiger partial charge < -0.3 is 4.57 Å². The lowest BCUT2D eigenvalue weighted by Gasteiger charge is -2.13. The van der Waals surface area contributed by atoms with Crippen molar-refractivity contribution in [2.75, 3.05) is 11.6 Å². The fourth-order valence-corrected chi connectivity index (χ4v) is 2.23. The minimum Gasteiger partial charge on any atom is -0.322 e. The third kappa shape index (κ3) is 2.45. The van der Waals surface area contributed by atoms with Gasteiger partial charge in [-0.3, -0.25) is 0 Å². The van der Waals surface area contributed by atoms with Crippen LogP contribution in [0.5, 0.6) is 0 Å². The van der Waals surface area contributed by atoms with Crippen molar-refractivity contribution < 1.29 is 0 Å². The summed E-state index contributed by atoms with van der Waals surface area (Å²) in [6, 6.07) is 10.0. The quantitative estimate of drug-likeness (QED) is 0.530. The van der Waals surface area contributed by atoms with Crippen molar-refractivity contribution in [1.82, 2.24) is 19.5 Å². The lowest BCUT2D eigenvalue weighted by Crippen LogP contribution is -2.17. The van der Waals surface area contributed by atoms with Crippen molar-refractivity contribution in [2.45, 2.75) is 13.5 Å². The van der Waals surface area contributed by atoms with E-state index in [4.69, 9.17) is 0 Å². The summed E-state index contributed by atoms with van der Waals surface area (Å²) >= 11 is 0. The average molecular weight is 282 g/mol. The van der Waals surface area contributed by atoms with Gasteiger partial charge in [0.2, 0.25) is 0 Å². The molecule has 3 rings (SSSR count). The van der Waals surface area contributed by atoms with Gasteiger partial charge in [-0.25, -0.2) is 20.0 Å². The number of hydrogen-bond acceptors (Lipinski definition) is 5. The largest absolute Gasteiger partial charge is 0.322 e. The van der Waals surface area contributed by atoms with Crippen LogP contribution in [0.15, 0.2) is 48.3 Å². The Balaban J connectivity index is 2.09. The Bertz CT molecular complexity index is 755. The molecule has 0 atom stereocenters. The minimum atomic E-state index is 0.437. The summed E-state index contributed by atoms with van der Waals surface area (Å²) in [5.41, 5.74) is 2.40. The zero-order valence-electron chi connectivity index (χ0n) is 11.5. The number of nitroso groups, excluding NO2 is 1. The van der Waals surface area contributed by atoms with Crippen LogP contribution in [0.2, 0.25) is 0 Å². The second-order valence-electron chi connectivity index (χ2n) is 4.52. The first-order valence-corrected chi connectivity index (χ1v) is 6.64. The van der Waals surface area contributed by atoms with Gasteiger partial charge >= 0.3 is 0 Å². The van der Waals surface area contributed by atoms with E-state index in [9.17, 15) is 4.91 Å². The summed E-state index contributed by atoms with van der Waals surface area (Å²) in [5, 5.41) is 4.31. The second-order valence-corrected chi connectivity index (χ2v) is 4.52. The van der Waals surface area contributed by atoms with Crippen LogP contribution < -0.4 is 5.01 Å². The van der Waals surface area contributed by atoms with Gasteiger partial charge in [0.05, 0.1) is 11.6 Å². The fraction of sp³-hybridized carbons (Fsp3) is 0.214. The molecular weight excluding hydrogens is 268 g/mol. The van der Waals surface area contributed by atoms with Crippen molar-refractivity contribution in [2.24, 2.45) is 5.29 Å². The molecule has 0 unspecified atom stereocenters. The molecule has 2 heterocycles. The van der Waals surface area contributed by atoms with Crippen LogP contribution >= 0.6 is 0 Å². The molecule has 3 aromatic rings. The van der Waals surface area contributed by atoms with Crippen LogP contribution in [0.3, 0.4) is 0 Å². The number of hydrogen-bond donors (Lipinski definition) is 0. The first kappa shape index (κ1) is 13.2. The Labute approximate surface area is 121 Å². The van der Waals surface area contributed by atoms with E-state index in [2.05, 4.69) is 20.2 Å². The number of rotatable bonds is 5. The Morgan fingerprint density at radius 1 is 1.19 bits per heavy atom. The van der Waals surface area contributed by atoms with E-state index in [0.29, 0.717) is 30.1 Å². The molecule has 0 spiro atoms. The molecule has 0 saturated heterocycles. The zero-order chi connectivity index (χ0) is 14.7. The number of fused-ring (bicyclic) bond motifs is 1. The molecule has 0 N–H and O–H groups in total. The first-order valence-electron chi connectivity index (χ1n) is 6.64. The highest BCUT2D eigenvalue weighted by atomic mass is 16.3. The molecule has 0 aliphatic rings. The third-order valence-corrected chi connectivity index (χ3v) is 3.23. The van der Waals surface area contributed by atoms with Gasteiger partial charge in [-0.1, -0.05) is 30.3 Å². The molecular formula is C14H14N6O. The Morgan fingerprint density at radius 2 is 2.00 bits per heavy atom. The highest BCUT2D eigenvalue weighted by Gasteiger charge is 2.16. The Morgan fingerprint density at radius 3 is 2.71 bits per heavy atom. The highest BCUT2D eigenvalue weighted by Crippen LogP contribution is 2.23. The molecule has 0 aliphatic heterocycles. The number of benzene rings is 1. The second kappa shape index (κ2) is 5.66. The summed E-state index contributed by atoms with van der Waals surface area (Å²) in [6.07, 6.45) is 3.10. The maximum Gasteiger partial charge on any atom is 0.183 e. The molecule has 0 amide bonds. The molecule has 7 heteroatoms. The molecule has 0 saturated carbocycles. The van der Waals surface area contributed by atoms with Crippen LogP contribution in [0.25, 0.3) is 11.2 Å². The van der Waals surface area contributed by atoms with Crippen molar-refractivity contribution in [3.63, 3.8) is 0 Å². The number of aromatic nitrogens is 4. The van der Waals surface area contributed by atoms with Gasteiger partial charge in [-0.15, -0.1) is 4.91 Å². The number of anilines is 1. The van der Waals surface area contributed by atoms with E-state index in [1.54, 1.807) is 6.33 Å². The first-order chi connectivity index (χ1) is 10.3. The predicted molar refractivity (Wildman–Crippen MR) is 79.7 cm³/mol. The molecule has 106 valence electrons. The van der Waals surface area contributed by atoms with E-state index < -0.39 is 0 Å². The van der Waals surface area contributed by atoms with Gasteiger partial charge in [0, 0.05) is 13.1 Å². The molecule has 1 aromatic carbocycles. The van der Waals surface area contributed by atoms with E-state index in [1.807, 2.05) is 41.8 Å². The van der Waals surface area contributed by atoms with Crippen LogP contribution in [-0.2, 0) is 6.54 Å². The lowest BCUT2D eigenvalue weighted by molar-refractivity contribution is 0.808. The number of nitrogens with zero attached hydrogens (tertiary/aromatic N) is 6. The van der Waals surface area contributed by atoms with Gasteiger partial charge in [0.25, 0.3) is 0 Å². The van der Waals surface area contributed by atoms with Crippen LogP contribution in [0.1, 0.15) is 12.5 Å². The van der Waals surface area contributed by atoms with E-state index in [-0.39, 0.29) is 0 Å². The standard InChI is InChI=1S/C14H14N6O/c1-2-20(18-21)14-12-13(15-9-16-14)17-10-19(12)8-11-6-4-3-5-7-11/h3-7,9-10H,2,8H2,1H3. The average Bonchev–Trinajstić information content (AvgIpc) is 2.93. The monoisotopic (exact) mass is 282 g/mol. The topological polar surface area (TPSA) is 76.3 Å². The van der Waals surface area contributed by atoms with Gasteiger partial charge in [0.1, 0.15) is 11.8 Å². The molecule has 2 aromatic heterocycles. The summed E-state index contributed by atoms with van der Waals surface area (Å²) in [6.45, 7) is 2.91. The maximum absolute atomic E-state index is 11.0. The van der Waals surface area contributed by atoms with E-state index >= 15 is 0 Å². The molecule has 0 aliphatic carbocycles. The minimum absolute atomic E-state index is 0.437. The Hall–Kier alpha value is -2.83. The Kier molecular flexibility index (Phi) is 3.55. The summed E-state index contributed by atoms with van der Waals surface area (Å²) in [7, 11) is 0. The van der Waals surface area contributed by atoms with Crippen molar-refractivity contribution >= 4 is 17.0 Å². The molecule has 21 heavy (non-hydrogen) atoms. The van der Waals surface area contributed by atoms with Crippen molar-refractivity contribution in [3.8, 4) is 0 Å². The van der Waals surface area contributed by atoms with Crippen molar-refractivity contribution in [1.29, 1.82) is 0 Å². The van der Waals surface area contributed by atoms with Crippen LogP contribution in [-0.4, -0.2) is 26.1 Å². The fourth-order valence-electron chi connectivity index (χ4n) is 2.23. The summed E-state index contributed by atoms with van der Waals surface area (Å²) in [4.78, 5) is 23.6. The SMILES string of the molecule is CCN(N=O)c1ncnc2ncn(Cc3ccccc3)c12. The number of imidazole rings is 1. The normalized spacial score (nSPS) is 10.7.